The smallest absolute Gasteiger partial charge is 0.244 e. The van der Waals surface area contributed by atoms with Crippen LogP contribution in [0.5, 0.6) is 0 Å². The van der Waals surface area contributed by atoms with Gasteiger partial charge < -0.3 is 0 Å². The summed E-state index contributed by atoms with van der Waals surface area (Å²) < 4.78 is 27.6. The van der Waals surface area contributed by atoms with E-state index in [0.717, 1.165) is 25.7 Å². The fourth-order valence-corrected chi connectivity index (χ4v) is 4.83. The van der Waals surface area contributed by atoms with E-state index in [1.165, 1.54) is 0 Å². The number of nitrogens with one attached hydrogen (secondary N) is 2. The Morgan fingerprint density at radius 1 is 1.39 bits per heavy atom. The highest BCUT2D eigenvalue weighted by atomic mass is 35.5. The van der Waals surface area contributed by atoms with Crippen molar-refractivity contribution < 1.29 is 8.42 Å². The first-order valence-electron chi connectivity index (χ1n) is 6.02. The molecule has 0 atom stereocenters. The molecule has 0 amide bonds. The standard InChI is InChI=1S/C11H18ClN3O2S/c1-8-10(9(2)14-13-8)18(16,17)15-11(7-12)5-3-4-6-11/h15H,3-7H2,1-2H3,(H,13,14). The lowest BCUT2D eigenvalue weighted by Gasteiger charge is -2.27. The van der Waals surface area contributed by atoms with E-state index in [2.05, 4.69) is 14.9 Å². The van der Waals surface area contributed by atoms with Crippen molar-refractivity contribution >= 4 is 21.6 Å². The Hall–Kier alpha value is -0.590. The van der Waals surface area contributed by atoms with Crippen LogP contribution in [0, 0.1) is 13.8 Å². The molecule has 1 fully saturated rings. The summed E-state index contributed by atoms with van der Waals surface area (Å²) in [6, 6.07) is 0. The Bertz CT molecular complexity index is 513. The fraction of sp³-hybridized carbons (Fsp3) is 0.727. The van der Waals surface area contributed by atoms with Gasteiger partial charge in [0.05, 0.1) is 11.4 Å². The van der Waals surface area contributed by atoms with Crippen LogP contribution in [0.25, 0.3) is 0 Å². The normalized spacial score (nSPS) is 19.3. The second-order valence-corrected chi connectivity index (χ2v) is 6.88. The van der Waals surface area contributed by atoms with Crippen LogP contribution in [0.15, 0.2) is 4.90 Å². The number of hydrogen-bond acceptors (Lipinski definition) is 3. The average Bonchev–Trinajstić information content (AvgIpc) is 2.86. The van der Waals surface area contributed by atoms with Gasteiger partial charge in [0.15, 0.2) is 0 Å². The maximum Gasteiger partial charge on any atom is 0.244 e. The van der Waals surface area contributed by atoms with Gasteiger partial charge in [0.25, 0.3) is 0 Å². The van der Waals surface area contributed by atoms with E-state index in [1.807, 2.05) is 0 Å². The summed E-state index contributed by atoms with van der Waals surface area (Å²) in [4.78, 5) is 0.249. The summed E-state index contributed by atoms with van der Waals surface area (Å²) in [7, 11) is -3.56. The number of aromatic nitrogens is 2. The Labute approximate surface area is 112 Å². The molecule has 1 aromatic rings. The topological polar surface area (TPSA) is 74.8 Å². The molecule has 0 saturated heterocycles. The lowest BCUT2D eigenvalue weighted by atomic mass is 10.0. The number of nitrogens with zero attached hydrogens (tertiary/aromatic N) is 1. The van der Waals surface area contributed by atoms with Crippen LogP contribution >= 0.6 is 11.6 Å². The zero-order valence-corrected chi connectivity index (χ0v) is 12.2. The van der Waals surface area contributed by atoms with Gasteiger partial charge in [0, 0.05) is 11.4 Å². The highest BCUT2D eigenvalue weighted by Gasteiger charge is 2.38. The molecule has 5 nitrogen and oxygen atoms in total. The van der Waals surface area contributed by atoms with Gasteiger partial charge >= 0.3 is 0 Å². The predicted octanol–water partition coefficient (Wildman–Crippen LogP) is 1.86. The molecule has 18 heavy (non-hydrogen) atoms. The van der Waals surface area contributed by atoms with Gasteiger partial charge in [-0.3, -0.25) is 5.10 Å². The second kappa shape index (κ2) is 4.83. The SMILES string of the molecule is Cc1n[nH]c(C)c1S(=O)(=O)NC1(CCl)CCCC1. The van der Waals surface area contributed by atoms with E-state index in [4.69, 9.17) is 11.6 Å². The summed E-state index contributed by atoms with van der Waals surface area (Å²) >= 11 is 5.96. The largest absolute Gasteiger partial charge is 0.281 e. The van der Waals surface area contributed by atoms with Gasteiger partial charge in [-0.2, -0.15) is 5.10 Å². The number of halogens is 1. The van der Waals surface area contributed by atoms with Crippen LogP contribution in [0.4, 0.5) is 0 Å². The molecule has 2 N–H and O–H groups in total. The van der Waals surface area contributed by atoms with Crippen molar-refractivity contribution in [1.29, 1.82) is 0 Å². The van der Waals surface area contributed by atoms with Crippen LogP contribution in [0.3, 0.4) is 0 Å². The van der Waals surface area contributed by atoms with E-state index in [1.54, 1.807) is 13.8 Å². The van der Waals surface area contributed by atoms with Crippen molar-refractivity contribution in [2.75, 3.05) is 5.88 Å². The number of aryl methyl sites for hydroxylation is 2. The summed E-state index contributed by atoms with van der Waals surface area (Å²) in [5.74, 6) is 0.308. The molecule has 1 aromatic heterocycles. The Morgan fingerprint density at radius 2 is 2.00 bits per heavy atom. The van der Waals surface area contributed by atoms with Crippen molar-refractivity contribution in [2.45, 2.75) is 50.0 Å². The van der Waals surface area contributed by atoms with E-state index >= 15 is 0 Å². The molecule has 0 radical (unpaired) electrons. The summed E-state index contributed by atoms with van der Waals surface area (Å²) in [6.45, 7) is 3.39. The number of aromatic amines is 1. The van der Waals surface area contributed by atoms with Crippen LogP contribution in [0.2, 0.25) is 0 Å². The molecule has 7 heteroatoms. The van der Waals surface area contributed by atoms with Crippen molar-refractivity contribution in [3.63, 3.8) is 0 Å². The molecule has 102 valence electrons. The molecule has 1 saturated carbocycles. The van der Waals surface area contributed by atoms with Gasteiger partial charge in [-0.05, 0) is 26.7 Å². The van der Waals surface area contributed by atoms with Crippen molar-refractivity contribution in [2.24, 2.45) is 0 Å². The minimum atomic E-state index is -3.56. The van der Waals surface area contributed by atoms with Gasteiger partial charge in [-0.25, -0.2) is 13.1 Å². The summed E-state index contributed by atoms with van der Waals surface area (Å²) in [5, 5.41) is 6.62. The second-order valence-electron chi connectivity index (χ2n) is 4.99. The van der Waals surface area contributed by atoms with E-state index < -0.39 is 15.6 Å². The first-order chi connectivity index (χ1) is 8.40. The van der Waals surface area contributed by atoms with Gasteiger partial charge in [0.1, 0.15) is 4.90 Å². The maximum absolute atomic E-state index is 12.4. The molecular formula is C11H18ClN3O2S. The third-order valence-electron chi connectivity index (χ3n) is 3.50. The molecule has 1 aliphatic carbocycles. The molecule has 0 aromatic carbocycles. The molecular weight excluding hydrogens is 274 g/mol. The highest BCUT2D eigenvalue weighted by Crippen LogP contribution is 2.32. The van der Waals surface area contributed by atoms with Gasteiger partial charge in [-0.1, -0.05) is 12.8 Å². The monoisotopic (exact) mass is 291 g/mol. The lowest BCUT2D eigenvalue weighted by Crippen LogP contribution is -2.47. The number of rotatable bonds is 4. The molecule has 2 rings (SSSR count). The number of hydrogen-bond donors (Lipinski definition) is 2. The first kappa shape index (κ1) is 13.8. The quantitative estimate of drug-likeness (QED) is 0.832. The highest BCUT2D eigenvalue weighted by molar-refractivity contribution is 7.89. The molecule has 1 heterocycles. The average molecular weight is 292 g/mol. The van der Waals surface area contributed by atoms with Gasteiger partial charge in [0.2, 0.25) is 10.0 Å². The Balaban J connectivity index is 2.33. The van der Waals surface area contributed by atoms with E-state index in [9.17, 15) is 8.42 Å². The van der Waals surface area contributed by atoms with Crippen LogP contribution < -0.4 is 4.72 Å². The minimum absolute atomic E-state index is 0.249. The van der Waals surface area contributed by atoms with Crippen molar-refractivity contribution in [1.82, 2.24) is 14.9 Å². The zero-order valence-electron chi connectivity index (χ0n) is 10.6. The van der Waals surface area contributed by atoms with Crippen LogP contribution in [-0.4, -0.2) is 30.0 Å². The predicted molar refractivity (Wildman–Crippen MR) is 70.3 cm³/mol. The Morgan fingerprint density at radius 3 is 2.44 bits per heavy atom. The van der Waals surface area contributed by atoms with Crippen molar-refractivity contribution in [3.8, 4) is 0 Å². The van der Waals surface area contributed by atoms with Crippen molar-refractivity contribution in [3.05, 3.63) is 11.4 Å². The molecule has 0 unspecified atom stereocenters. The molecule has 1 aliphatic rings. The fourth-order valence-electron chi connectivity index (χ4n) is 2.59. The molecule has 0 spiro atoms. The lowest BCUT2D eigenvalue weighted by molar-refractivity contribution is 0.432. The van der Waals surface area contributed by atoms with Gasteiger partial charge in [-0.15, -0.1) is 11.6 Å². The first-order valence-corrected chi connectivity index (χ1v) is 8.03. The third-order valence-corrected chi connectivity index (χ3v) is 5.85. The zero-order chi connectivity index (χ0) is 13.4. The number of alkyl halides is 1. The number of H-pyrrole nitrogens is 1. The minimum Gasteiger partial charge on any atom is -0.281 e. The van der Waals surface area contributed by atoms with E-state index in [0.29, 0.717) is 17.3 Å². The van der Waals surface area contributed by atoms with E-state index in [-0.39, 0.29) is 4.90 Å². The number of sulfonamides is 1. The van der Waals surface area contributed by atoms with Crippen LogP contribution in [0.1, 0.15) is 37.1 Å². The van der Waals surface area contributed by atoms with Crippen LogP contribution in [-0.2, 0) is 10.0 Å². The molecule has 0 aliphatic heterocycles. The third kappa shape index (κ3) is 2.41. The molecule has 0 bridgehead atoms. The summed E-state index contributed by atoms with van der Waals surface area (Å²) in [5.41, 5.74) is 0.557. The Kier molecular flexibility index (Phi) is 3.71. The maximum atomic E-state index is 12.4. The summed E-state index contributed by atoms with van der Waals surface area (Å²) in [6.07, 6.45) is 3.62.